The molecule has 0 rings (SSSR count). The molecule has 0 aliphatic carbocycles. The highest BCUT2D eigenvalue weighted by atomic mass is 16.6. The molecule has 29 heavy (non-hydrogen) atoms. The molecule has 0 fully saturated rings. The first-order valence-electron chi connectivity index (χ1n) is 12.3. The summed E-state index contributed by atoms with van der Waals surface area (Å²) in [5, 5.41) is 2.67. The van der Waals surface area contributed by atoms with Crippen molar-refractivity contribution < 1.29 is 19.1 Å². The van der Waals surface area contributed by atoms with Gasteiger partial charge in [-0.25, -0.2) is 9.59 Å². The van der Waals surface area contributed by atoms with E-state index in [-0.39, 0.29) is 5.97 Å². The molecule has 0 bridgehead atoms. The fourth-order valence-corrected chi connectivity index (χ4v) is 3.28. The maximum Gasteiger partial charge on any atom is 0.407 e. The SMILES string of the molecule is CCCCCCCCCCOC(=O)[C@H](CCC)NC(=O)OCCCCCCCC. The molecule has 0 aromatic heterocycles. The van der Waals surface area contributed by atoms with Crippen LogP contribution in [0.4, 0.5) is 4.79 Å². The number of rotatable bonds is 20. The highest BCUT2D eigenvalue weighted by molar-refractivity contribution is 5.81. The largest absolute Gasteiger partial charge is 0.464 e. The van der Waals surface area contributed by atoms with E-state index >= 15 is 0 Å². The van der Waals surface area contributed by atoms with Crippen molar-refractivity contribution in [2.45, 2.75) is 130 Å². The first kappa shape index (κ1) is 27.7. The van der Waals surface area contributed by atoms with Crippen LogP contribution in [0.5, 0.6) is 0 Å². The van der Waals surface area contributed by atoms with Crippen molar-refractivity contribution in [3.8, 4) is 0 Å². The van der Waals surface area contributed by atoms with Crippen LogP contribution in [0, 0.1) is 0 Å². The van der Waals surface area contributed by atoms with Gasteiger partial charge in [0.05, 0.1) is 13.2 Å². The number of ether oxygens (including phenoxy) is 2. The Labute approximate surface area is 179 Å². The van der Waals surface area contributed by atoms with E-state index < -0.39 is 12.1 Å². The summed E-state index contributed by atoms with van der Waals surface area (Å²) in [4.78, 5) is 24.2. The molecule has 5 nitrogen and oxygen atoms in total. The van der Waals surface area contributed by atoms with E-state index in [0.717, 1.165) is 32.1 Å². The van der Waals surface area contributed by atoms with E-state index in [4.69, 9.17) is 9.47 Å². The number of hydrogen-bond acceptors (Lipinski definition) is 4. The Morgan fingerprint density at radius 3 is 1.55 bits per heavy atom. The van der Waals surface area contributed by atoms with Gasteiger partial charge in [0.15, 0.2) is 0 Å². The van der Waals surface area contributed by atoms with Crippen molar-refractivity contribution >= 4 is 12.1 Å². The van der Waals surface area contributed by atoms with Crippen LogP contribution in [0.25, 0.3) is 0 Å². The third-order valence-corrected chi connectivity index (χ3v) is 5.13. The Balaban J connectivity index is 3.83. The molecule has 1 atom stereocenters. The molecule has 0 aromatic rings. The number of carbonyl (C=O) groups is 2. The minimum atomic E-state index is -0.605. The lowest BCUT2D eigenvalue weighted by Crippen LogP contribution is -2.42. The van der Waals surface area contributed by atoms with Gasteiger partial charge in [0.1, 0.15) is 6.04 Å². The fraction of sp³-hybridized carbons (Fsp3) is 0.917. The van der Waals surface area contributed by atoms with E-state index in [2.05, 4.69) is 19.2 Å². The van der Waals surface area contributed by atoms with Crippen LogP contribution >= 0.6 is 0 Å². The molecule has 0 radical (unpaired) electrons. The Kier molecular flexibility index (Phi) is 20.5. The Bertz CT molecular complexity index is 387. The molecule has 0 aromatic carbocycles. The summed E-state index contributed by atoms with van der Waals surface area (Å²) < 4.78 is 10.6. The number of nitrogens with one attached hydrogen (secondary N) is 1. The quantitative estimate of drug-likeness (QED) is 0.174. The van der Waals surface area contributed by atoms with Crippen molar-refractivity contribution in [3.63, 3.8) is 0 Å². The minimum absolute atomic E-state index is 0.341. The molecular weight excluding hydrogens is 366 g/mol. The lowest BCUT2D eigenvalue weighted by atomic mass is 10.1. The van der Waals surface area contributed by atoms with Gasteiger partial charge in [0.25, 0.3) is 0 Å². The second-order valence-electron chi connectivity index (χ2n) is 8.03. The lowest BCUT2D eigenvalue weighted by Gasteiger charge is -2.17. The standard InChI is InChI=1S/C24H47NO4/c1-4-7-9-11-13-14-16-17-20-28-23(26)22(19-6-3)25-24(27)29-21-18-15-12-10-8-5-2/h22H,4-21H2,1-3H3,(H,25,27)/t22-/m0/s1. The van der Waals surface area contributed by atoms with Crippen molar-refractivity contribution in [1.82, 2.24) is 5.32 Å². The number of alkyl carbamates (subject to hydrolysis) is 1. The first-order valence-corrected chi connectivity index (χ1v) is 12.3. The van der Waals surface area contributed by atoms with Crippen LogP contribution in [0.3, 0.4) is 0 Å². The zero-order valence-electron chi connectivity index (χ0n) is 19.4. The Morgan fingerprint density at radius 1 is 0.621 bits per heavy atom. The van der Waals surface area contributed by atoms with E-state index in [1.54, 1.807) is 0 Å². The highest BCUT2D eigenvalue weighted by Gasteiger charge is 2.21. The molecule has 5 heteroatoms. The van der Waals surface area contributed by atoms with Gasteiger partial charge in [-0.15, -0.1) is 0 Å². The lowest BCUT2D eigenvalue weighted by molar-refractivity contribution is -0.146. The summed E-state index contributed by atoms with van der Waals surface area (Å²) in [7, 11) is 0. The summed E-state index contributed by atoms with van der Waals surface area (Å²) >= 11 is 0. The van der Waals surface area contributed by atoms with Gasteiger partial charge in [-0.05, 0) is 19.3 Å². The Morgan fingerprint density at radius 2 is 1.07 bits per heavy atom. The van der Waals surface area contributed by atoms with Gasteiger partial charge in [0, 0.05) is 0 Å². The van der Waals surface area contributed by atoms with Gasteiger partial charge in [-0.1, -0.05) is 104 Å². The summed E-state index contributed by atoms with van der Waals surface area (Å²) in [6.07, 6.45) is 17.4. The molecule has 0 saturated heterocycles. The number of unbranched alkanes of at least 4 members (excludes halogenated alkanes) is 12. The molecule has 0 saturated carbocycles. The van der Waals surface area contributed by atoms with E-state index in [9.17, 15) is 9.59 Å². The topological polar surface area (TPSA) is 64.6 Å². The number of amides is 1. The van der Waals surface area contributed by atoms with Gasteiger partial charge in [-0.3, -0.25) is 0 Å². The van der Waals surface area contributed by atoms with E-state index in [1.165, 1.54) is 64.2 Å². The van der Waals surface area contributed by atoms with Crippen molar-refractivity contribution in [3.05, 3.63) is 0 Å². The van der Waals surface area contributed by atoms with E-state index in [1.807, 2.05) is 6.92 Å². The first-order chi connectivity index (χ1) is 14.2. The molecular formula is C24H47NO4. The second-order valence-corrected chi connectivity index (χ2v) is 8.03. The second kappa shape index (κ2) is 21.4. The van der Waals surface area contributed by atoms with Crippen molar-refractivity contribution in [1.29, 1.82) is 0 Å². The van der Waals surface area contributed by atoms with Crippen LogP contribution in [0.15, 0.2) is 0 Å². The molecule has 0 aliphatic rings. The summed E-state index contributed by atoms with van der Waals surface area (Å²) in [5.74, 6) is -0.341. The molecule has 172 valence electrons. The van der Waals surface area contributed by atoms with Gasteiger partial charge in [0.2, 0.25) is 0 Å². The van der Waals surface area contributed by atoms with E-state index in [0.29, 0.717) is 19.6 Å². The average Bonchev–Trinajstić information content (AvgIpc) is 2.71. The van der Waals surface area contributed by atoms with Gasteiger partial charge < -0.3 is 14.8 Å². The third kappa shape index (κ3) is 18.5. The Hall–Kier alpha value is -1.26. The summed E-state index contributed by atoms with van der Waals surface area (Å²) in [6.45, 7) is 7.25. The van der Waals surface area contributed by atoms with Crippen LogP contribution in [-0.4, -0.2) is 31.3 Å². The average molecular weight is 414 g/mol. The predicted octanol–water partition coefficient (Wildman–Crippen LogP) is 6.93. The molecule has 0 spiro atoms. The molecule has 1 N–H and O–H groups in total. The predicted molar refractivity (Wildman–Crippen MR) is 120 cm³/mol. The zero-order chi connectivity index (χ0) is 21.6. The van der Waals surface area contributed by atoms with Crippen LogP contribution in [-0.2, 0) is 14.3 Å². The summed E-state index contributed by atoms with van der Waals surface area (Å²) in [6, 6.07) is -0.605. The van der Waals surface area contributed by atoms with Crippen molar-refractivity contribution in [2.24, 2.45) is 0 Å². The van der Waals surface area contributed by atoms with Gasteiger partial charge >= 0.3 is 12.1 Å². The number of carbonyl (C=O) groups excluding carboxylic acids is 2. The highest BCUT2D eigenvalue weighted by Crippen LogP contribution is 2.09. The van der Waals surface area contributed by atoms with Crippen molar-refractivity contribution in [2.75, 3.05) is 13.2 Å². The van der Waals surface area contributed by atoms with Crippen LogP contribution < -0.4 is 5.32 Å². The zero-order valence-corrected chi connectivity index (χ0v) is 19.4. The van der Waals surface area contributed by atoms with Gasteiger partial charge in [-0.2, -0.15) is 0 Å². The smallest absolute Gasteiger partial charge is 0.407 e. The maximum atomic E-state index is 12.3. The normalized spacial score (nSPS) is 11.8. The molecule has 0 aliphatic heterocycles. The fourth-order valence-electron chi connectivity index (χ4n) is 3.28. The van der Waals surface area contributed by atoms with Crippen LogP contribution in [0.1, 0.15) is 124 Å². The minimum Gasteiger partial charge on any atom is -0.464 e. The molecule has 0 heterocycles. The summed E-state index contributed by atoms with van der Waals surface area (Å²) in [5.41, 5.74) is 0. The third-order valence-electron chi connectivity index (χ3n) is 5.13. The van der Waals surface area contributed by atoms with Crippen LogP contribution in [0.2, 0.25) is 0 Å². The molecule has 1 amide bonds. The number of esters is 1. The maximum absolute atomic E-state index is 12.3. The molecule has 0 unspecified atom stereocenters. The monoisotopic (exact) mass is 413 g/mol. The number of hydrogen-bond donors (Lipinski definition) is 1.